The molecule has 120 valence electrons. The van der Waals surface area contributed by atoms with E-state index in [-0.39, 0.29) is 5.91 Å². The first-order valence-electron chi connectivity index (χ1n) is 7.79. The van der Waals surface area contributed by atoms with Crippen LogP contribution in [0.15, 0.2) is 65.7 Å². The summed E-state index contributed by atoms with van der Waals surface area (Å²) in [5, 5.41) is 11.0. The largest absolute Gasteiger partial charge is 0.350 e. The molecule has 3 aromatic rings. The zero-order valence-electron chi connectivity index (χ0n) is 12.9. The Morgan fingerprint density at radius 1 is 1.17 bits per heavy atom. The van der Waals surface area contributed by atoms with Crippen LogP contribution in [0.5, 0.6) is 0 Å². The molecule has 2 heterocycles. The Bertz CT molecular complexity index is 862. The van der Waals surface area contributed by atoms with Crippen LogP contribution in [0.2, 0.25) is 0 Å². The van der Waals surface area contributed by atoms with Gasteiger partial charge in [0.25, 0.3) is 5.91 Å². The van der Waals surface area contributed by atoms with E-state index in [1.807, 2.05) is 48.2 Å². The Hall–Kier alpha value is -2.60. The third-order valence-corrected chi connectivity index (χ3v) is 5.31. The topological polar surface area (TPSA) is 59.8 Å². The Morgan fingerprint density at radius 2 is 1.96 bits per heavy atom. The van der Waals surface area contributed by atoms with E-state index in [9.17, 15) is 4.79 Å². The molecule has 5 nitrogen and oxygen atoms in total. The summed E-state index contributed by atoms with van der Waals surface area (Å²) in [6.45, 7) is 0.612. The summed E-state index contributed by atoms with van der Waals surface area (Å²) in [6.07, 6.45) is 1.65. The molecule has 4 rings (SSSR count). The first kappa shape index (κ1) is 15.0. The molecule has 1 aromatic heterocycles. The number of hydrogen-bond donors (Lipinski definition) is 1. The van der Waals surface area contributed by atoms with E-state index in [2.05, 4.69) is 33.8 Å². The Kier molecular flexibility index (Phi) is 4.04. The van der Waals surface area contributed by atoms with Crippen LogP contribution < -0.4 is 5.32 Å². The van der Waals surface area contributed by atoms with Crippen molar-refractivity contribution in [2.24, 2.45) is 0 Å². The van der Waals surface area contributed by atoms with E-state index in [1.165, 1.54) is 10.5 Å². The molecule has 0 spiro atoms. The van der Waals surface area contributed by atoms with Crippen LogP contribution in [0, 0.1) is 0 Å². The Morgan fingerprint density at radius 3 is 2.83 bits per heavy atom. The van der Waals surface area contributed by atoms with E-state index in [0.717, 1.165) is 11.4 Å². The van der Waals surface area contributed by atoms with Crippen molar-refractivity contribution < 1.29 is 4.79 Å². The molecule has 0 saturated heterocycles. The molecule has 0 aliphatic carbocycles. The number of aromatic nitrogens is 3. The highest BCUT2D eigenvalue weighted by molar-refractivity contribution is 7.99. The highest BCUT2D eigenvalue weighted by Crippen LogP contribution is 2.38. The fourth-order valence-electron chi connectivity index (χ4n) is 2.78. The molecular weight excluding hydrogens is 320 g/mol. The van der Waals surface area contributed by atoms with Gasteiger partial charge in [0.2, 0.25) is 0 Å². The fourth-order valence-corrected chi connectivity index (χ4v) is 4.03. The zero-order chi connectivity index (χ0) is 16.4. The molecule has 0 radical (unpaired) electrons. The Balaban J connectivity index is 1.42. The quantitative estimate of drug-likeness (QED) is 0.796. The normalized spacial score (nSPS) is 15.9. The average molecular weight is 336 g/mol. The number of thioether (sulfide) groups is 1. The zero-order valence-corrected chi connectivity index (χ0v) is 13.7. The number of carbonyl (C=O) groups is 1. The van der Waals surface area contributed by atoms with Gasteiger partial charge in [-0.05, 0) is 23.8 Å². The average Bonchev–Trinajstić information content (AvgIpc) is 3.28. The molecule has 1 unspecified atom stereocenters. The van der Waals surface area contributed by atoms with Gasteiger partial charge in [0, 0.05) is 23.1 Å². The molecule has 0 bridgehead atoms. The second-order valence-electron chi connectivity index (χ2n) is 5.64. The fraction of sp³-hybridized carbons (Fsp3) is 0.167. The van der Waals surface area contributed by atoms with Crippen LogP contribution in [-0.2, 0) is 0 Å². The second kappa shape index (κ2) is 6.49. The standard InChI is InChI=1S/C18H16N4OS/c23-18(16-11-22(21-20-16)14-6-2-1-3-7-14)19-10-13-12-24-17-9-5-4-8-15(13)17/h1-9,11,13H,10,12H2,(H,19,23). The number of amides is 1. The molecule has 2 aromatic carbocycles. The summed E-state index contributed by atoms with van der Waals surface area (Å²) in [6, 6.07) is 18.0. The van der Waals surface area contributed by atoms with E-state index >= 15 is 0 Å². The molecule has 0 fully saturated rings. The van der Waals surface area contributed by atoms with E-state index in [1.54, 1.807) is 10.9 Å². The highest BCUT2D eigenvalue weighted by Gasteiger charge is 2.23. The van der Waals surface area contributed by atoms with Crippen LogP contribution >= 0.6 is 11.8 Å². The highest BCUT2D eigenvalue weighted by atomic mass is 32.2. The van der Waals surface area contributed by atoms with Gasteiger partial charge in [-0.25, -0.2) is 4.68 Å². The molecule has 0 saturated carbocycles. The van der Waals surface area contributed by atoms with Crippen LogP contribution in [0.1, 0.15) is 22.0 Å². The number of para-hydroxylation sites is 1. The lowest BCUT2D eigenvalue weighted by Crippen LogP contribution is -2.28. The van der Waals surface area contributed by atoms with Gasteiger partial charge in [0.15, 0.2) is 5.69 Å². The summed E-state index contributed by atoms with van der Waals surface area (Å²) >= 11 is 1.84. The predicted octanol–water partition coefficient (Wildman–Crippen LogP) is 2.89. The molecule has 24 heavy (non-hydrogen) atoms. The number of nitrogens with zero attached hydrogens (tertiary/aromatic N) is 3. The van der Waals surface area contributed by atoms with Crippen LogP contribution in [0.4, 0.5) is 0 Å². The van der Waals surface area contributed by atoms with E-state index in [0.29, 0.717) is 18.2 Å². The lowest BCUT2D eigenvalue weighted by atomic mass is 10.0. The SMILES string of the molecule is O=C(NCC1CSc2ccccc21)c1cn(-c2ccccc2)nn1. The van der Waals surface area contributed by atoms with Crippen LogP contribution in [-0.4, -0.2) is 33.2 Å². The summed E-state index contributed by atoms with van der Waals surface area (Å²) < 4.78 is 1.61. The summed E-state index contributed by atoms with van der Waals surface area (Å²) in [4.78, 5) is 13.6. The molecule has 1 aliphatic heterocycles. The molecule has 1 amide bonds. The van der Waals surface area contributed by atoms with Gasteiger partial charge in [-0.1, -0.05) is 41.6 Å². The predicted molar refractivity (Wildman–Crippen MR) is 93.6 cm³/mol. The molecule has 1 aliphatic rings. The summed E-state index contributed by atoms with van der Waals surface area (Å²) in [7, 11) is 0. The molecule has 6 heteroatoms. The number of benzene rings is 2. The summed E-state index contributed by atoms with van der Waals surface area (Å²) in [5.41, 5.74) is 2.53. The first-order chi connectivity index (χ1) is 11.8. The number of rotatable bonds is 4. The van der Waals surface area contributed by atoms with Crippen LogP contribution in [0.25, 0.3) is 5.69 Å². The van der Waals surface area contributed by atoms with Crippen molar-refractivity contribution in [2.75, 3.05) is 12.3 Å². The number of hydrogen-bond acceptors (Lipinski definition) is 4. The third kappa shape index (κ3) is 2.92. The van der Waals surface area contributed by atoms with Crippen molar-refractivity contribution in [1.29, 1.82) is 0 Å². The maximum Gasteiger partial charge on any atom is 0.273 e. The second-order valence-corrected chi connectivity index (χ2v) is 6.70. The smallest absolute Gasteiger partial charge is 0.273 e. The van der Waals surface area contributed by atoms with Crippen molar-refractivity contribution in [3.05, 3.63) is 72.1 Å². The minimum absolute atomic E-state index is 0.188. The third-order valence-electron chi connectivity index (χ3n) is 4.05. The van der Waals surface area contributed by atoms with Crippen molar-refractivity contribution in [3.63, 3.8) is 0 Å². The number of fused-ring (bicyclic) bond motifs is 1. The van der Waals surface area contributed by atoms with Crippen molar-refractivity contribution >= 4 is 17.7 Å². The minimum atomic E-state index is -0.188. The number of nitrogens with one attached hydrogen (secondary N) is 1. The lowest BCUT2D eigenvalue weighted by Gasteiger charge is -2.11. The van der Waals surface area contributed by atoms with Crippen molar-refractivity contribution in [2.45, 2.75) is 10.8 Å². The Labute approximate surface area is 144 Å². The minimum Gasteiger partial charge on any atom is -0.350 e. The molecular formula is C18H16N4OS. The summed E-state index contributed by atoms with van der Waals surface area (Å²) in [5.74, 6) is 1.15. The molecule has 1 atom stereocenters. The van der Waals surface area contributed by atoms with Crippen molar-refractivity contribution in [1.82, 2.24) is 20.3 Å². The van der Waals surface area contributed by atoms with Gasteiger partial charge in [-0.15, -0.1) is 16.9 Å². The van der Waals surface area contributed by atoms with Gasteiger partial charge < -0.3 is 5.32 Å². The lowest BCUT2D eigenvalue weighted by molar-refractivity contribution is 0.0947. The monoisotopic (exact) mass is 336 g/mol. The van der Waals surface area contributed by atoms with E-state index in [4.69, 9.17) is 0 Å². The maximum absolute atomic E-state index is 12.3. The first-order valence-corrected chi connectivity index (χ1v) is 8.77. The van der Waals surface area contributed by atoms with Gasteiger partial charge in [0.05, 0.1) is 11.9 Å². The van der Waals surface area contributed by atoms with Gasteiger partial charge in [-0.3, -0.25) is 4.79 Å². The van der Waals surface area contributed by atoms with Gasteiger partial charge in [0.1, 0.15) is 0 Å². The van der Waals surface area contributed by atoms with Crippen LogP contribution in [0.3, 0.4) is 0 Å². The number of carbonyl (C=O) groups excluding carboxylic acids is 1. The van der Waals surface area contributed by atoms with Crippen molar-refractivity contribution in [3.8, 4) is 5.69 Å². The van der Waals surface area contributed by atoms with Gasteiger partial charge >= 0.3 is 0 Å². The van der Waals surface area contributed by atoms with Gasteiger partial charge in [-0.2, -0.15) is 0 Å². The molecule has 1 N–H and O–H groups in total. The maximum atomic E-state index is 12.3. The van der Waals surface area contributed by atoms with E-state index < -0.39 is 0 Å².